The van der Waals surface area contributed by atoms with Crippen molar-refractivity contribution in [2.45, 2.75) is 13.8 Å². The van der Waals surface area contributed by atoms with E-state index in [9.17, 15) is 14.0 Å². The number of carbonyl (C=O) groups is 2. The first kappa shape index (κ1) is 20.0. The van der Waals surface area contributed by atoms with Crippen LogP contribution in [0, 0.1) is 19.7 Å². The molecule has 0 saturated heterocycles. The first-order chi connectivity index (χ1) is 14.4. The smallest absolute Gasteiger partial charge is 0.282 e. The highest BCUT2D eigenvalue weighted by atomic mass is 79.9. The van der Waals surface area contributed by atoms with Crippen molar-refractivity contribution in [2.24, 2.45) is 0 Å². The molecule has 0 aliphatic carbocycles. The van der Waals surface area contributed by atoms with Crippen molar-refractivity contribution in [1.82, 2.24) is 0 Å². The van der Waals surface area contributed by atoms with Crippen molar-refractivity contribution in [3.8, 4) is 0 Å². The van der Waals surface area contributed by atoms with E-state index in [0.29, 0.717) is 16.9 Å². The van der Waals surface area contributed by atoms with Crippen molar-refractivity contribution in [3.05, 3.63) is 99.4 Å². The fourth-order valence-corrected chi connectivity index (χ4v) is 3.84. The highest BCUT2D eigenvalue weighted by Crippen LogP contribution is 2.36. The van der Waals surface area contributed by atoms with Gasteiger partial charge in [-0.1, -0.05) is 46.3 Å². The predicted molar refractivity (Wildman–Crippen MR) is 119 cm³/mol. The van der Waals surface area contributed by atoms with Gasteiger partial charge in [0, 0.05) is 10.2 Å². The molecule has 30 heavy (non-hydrogen) atoms. The van der Waals surface area contributed by atoms with Gasteiger partial charge in [-0.2, -0.15) is 0 Å². The Kier molecular flexibility index (Phi) is 5.26. The number of nitrogens with zero attached hydrogens (tertiary/aromatic N) is 1. The van der Waals surface area contributed by atoms with E-state index in [2.05, 4.69) is 21.2 Å². The molecule has 0 radical (unpaired) electrons. The summed E-state index contributed by atoms with van der Waals surface area (Å²) in [6.45, 7) is 3.81. The molecule has 3 aromatic carbocycles. The zero-order valence-corrected chi connectivity index (χ0v) is 18.0. The Morgan fingerprint density at radius 3 is 2.30 bits per heavy atom. The molecule has 0 unspecified atom stereocenters. The summed E-state index contributed by atoms with van der Waals surface area (Å²) in [7, 11) is 0. The molecule has 1 aliphatic heterocycles. The van der Waals surface area contributed by atoms with Crippen LogP contribution in [0.3, 0.4) is 0 Å². The lowest BCUT2D eigenvalue weighted by Crippen LogP contribution is -2.33. The summed E-state index contributed by atoms with van der Waals surface area (Å²) in [5.41, 5.74) is 3.86. The molecule has 0 saturated carbocycles. The molecule has 0 fully saturated rings. The lowest BCUT2D eigenvalue weighted by molar-refractivity contribution is -0.120. The summed E-state index contributed by atoms with van der Waals surface area (Å²) in [4.78, 5) is 28.0. The molecule has 0 aromatic heterocycles. The number of halogens is 2. The lowest BCUT2D eigenvalue weighted by atomic mass is 10.0. The molecule has 2 amide bonds. The van der Waals surface area contributed by atoms with Crippen LogP contribution in [0.5, 0.6) is 0 Å². The van der Waals surface area contributed by atoms with Crippen molar-refractivity contribution < 1.29 is 14.0 Å². The van der Waals surface area contributed by atoms with E-state index in [1.807, 2.05) is 44.2 Å². The summed E-state index contributed by atoms with van der Waals surface area (Å²) >= 11 is 3.41. The standard InChI is InChI=1S/C24H18BrFN2O2/c1-14-5-3-8-20(15(14)2)28-23(29)21(16-9-11-18(26)12-10-16)22(24(28)30)27-19-7-4-6-17(25)13-19/h3-13,27H,1-2H3. The van der Waals surface area contributed by atoms with E-state index in [4.69, 9.17) is 0 Å². The predicted octanol–water partition coefficient (Wildman–Crippen LogP) is 5.60. The maximum absolute atomic E-state index is 13.5. The van der Waals surface area contributed by atoms with Crippen LogP contribution in [0.25, 0.3) is 5.57 Å². The second-order valence-electron chi connectivity index (χ2n) is 7.06. The minimum absolute atomic E-state index is 0.158. The SMILES string of the molecule is Cc1cccc(N2C(=O)C(Nc3cccc(Br)c3)=C(c3ccc(F)cc3)C2=O)c1C. The first-order valence-electron chi connectivity index (χ1n) is 9.34. The molecular formula is C24H18BrFN2O2. The normalized spacial score (nSPS) is 13.9. The number of amides is 2. The van der Waals surface area contributed by atoms with Crippen molar-refractivity contribution in [2.75, 3.05) is 10.2 Å². The molecule has 6 heteroatoms. The summed E-state index contributed by atoms with van der Waals surface area (Å²) < 4.78 is 14.3. The number of imide groups is 1. The second kappa shape index (κ2) is 7.88. The van der Waals surface area contributed by atoms with Gasteiger partial charge in [0.05, 0.1) is 11.3 Å². The van der Waals surface area contributed by atoms with Crippen LogP contribution in [-0.4, -0.2) is 11.8 Å². The summed E-state index contributed by atoms with van der Waals surface area (Å²) in [6.07, 6.45) is 0. The number of aryl methyl sites for hydroxylation is 1. The molecule has 1 aliphatic rings. The Morgan fingerprint density at radius 1 is 0.900 bits per heavy atom. The van der Waals surface area contributed by atoms with Crippen molar-refractivity contribution in [3.63, 3.8) is 0 Å². The summed E-state index contributed by atoms with van der Waals surface area (Å²) in [5.74, 6) is -1.31. The van der Waals surface area contributed by atoms with Gasteiger partial charge >= 0.3 is 0 Å². The summed E-state index contributed by atoms with van der Waals surface area (Å²) in [6, 6.07) is 18.4. The number of anilines is 2. The van der Waals surface area contributed by atoms with Gasteiger partial charge in [0.15, 0.2) is 0 Å². The van der Waals surface area contributed by atoms with Crippen LogP contribution in [0.1, 0.15) is 16.7 Å². The van der Waals surface area contributed by atoms with Gasteiger partial charge in [-0.25, -0.2) is 9.29 Å². The van der Waals surface area contributed by atoms with Crippen LogP contribution in [0.2, 0.25) is 0 Å². The first-order valence-corrected chi connectivity index (χ1v) is 10.1. The van der Waals surface area contributed by atoms with Crippen LogP contribution in [-0.2, 0) is 9.59 Å². The number of hydrogen-bond acceptors (Lipinski definition) is 3. The fourth-order valence-electron chi connectivity index (χ4n) is 3.44. The number of benzene rings is 3. The fraction of sp³-hybridized carbons (Fsp3) is 0.0833. The molecule has 4 rings (SSSR count). The van der Waals surface area contributed by atoms with Crippen LogP contribution in [0.15, 0.2) is 76.9 Å². The molecule has 0 spiro atoms. The van der Waals surface area contributed by atoms with Gasteiger partial charge in [-0.15, -0.1) is 0 Å². The Labute approximate surface area is 182 Å². The van der Waals surface area contributed by atoms with E-state index >= 15 is 0 Å². The third-order valence-corrected chi connectivity index (χ3v) is 5.62. The maximum atomic E-state index is 13.5. The Morgan fingerprint density at radius 2 is 1.60 bits per heavy atom. The molecule has 1 N–H and O–H groups in total. The van der Waals surface area contributed by atoms with E-state index in [1.54, 1.807) is 12.1 Å². The lowest BCUT2D eigenvalue weighted by Gasteiger charge is -2.19. The molecule has 0 bridgehead atoms. The average Bonchev–Trinajstić information content (AvgIpc) is 2.95. The quantitative estimate of drug-likeness (QED) is 0.511. The molecular weight excluding hydrogens is 447 g/mol. The average molecular weight is 465 g/mol. The number of carbonyl (C=O) groups excluding carboxylic acids is 2. The minimum Gasteiger partial charge on any atom is -0.350 e. The van der Waals surface area contributed by atoms with Gasteiger partial charge in [0.25, 0.3) is 11.8 Å². The highest BCUT2D eigenvalue weighted by molar-refractivity contribution is 9.10. The molecule has 0 atom stereocenters. The van der Waals surface area contributed by atoms with E-state index in [-0.39, 0.29) is 11.3 Å². The third-order valence-electron chi connectivity index (χ3n) is 5.13. The third kappa shape index (κ3) is 3.55. The van der Waals surface area contributed by atoms with Gasteiger partial charge in [-0.3, -0.25) is 9.59 Å². The number of rotatable bonds is 4. The monoisotopic (exact) mass is 464 g/mol. The number of hydrogen-bond donors (Lipinski definition) is 1. The van der Waals surface area contributed by atoms with Crippen molar-refractivity contribution >= 4 is 44.7 Å². The zero-order valence-electron chi connectivity index (χ0n) is 16.4. The molecule has 1 heterocycles. The summed E-state index contributed by atoms with van der Waals surface area (Å²) in [5, 5.41) is 3.10. The Bertz CT molecular complexity index is 1200. The minimum atomic E-state index is -0.451. The van der Waals surface area contributed by atoms with Crippen LogP contribution in [0.4, 0.5) is 15.8 Å². The Balaban J connectivity index is 1.86. The number of nitrogens with one attached hydrogen (secondary N) is 1. The van der Waals surface area contributed by atoms with E-state index < -0.39 is 17.6 Å². The van der Waals surface area contributed by atoms with E-state index in [0.717, 1.165) is 15.6 Å². The maximum Gasteiger partial charge on any atom is 0.282 e. The van der Waals surface area contributed by atoms with Gasteiger partial charge in [-0.05, 0) is 66.9 Å². The topological polar surface area (TPSA) is 49.4 Å². The van der Waals surface area contributed by atoms with Crippen molar-refractivity contribution in [1.29, 1.82) is 0 Å². The Hall–Kier alpha value is -3.25. The molecule has 3 aromatic rings. The molecule has 4 nitrogen and oxygen atoms in total. The second-order valence-corrected chi connectivity index (χ2v) is 7.97. The largest absolute Gasteiger partial charge is 0.350 e. The molecule has 150 valence electrons. The van der Waals surface area contributed by atoms with Gasteiger partial charge < -0.3 is 5.32 Å². The highest BCUT2D eigenvalue weighted by Gasteiger charge is 2.40. The van der Waals surface area contributed by atoms with Gasteiger partial charge in [0.1, 0.15) is 11.5 Å². The van der Waals surface area contributed by atoms with Gasteiger partial charge in [0.2, 0.25) is 0 Å². The zero-order chi connectivity index (χ0) is 21.4. The van der Waals surface area contributed by atoms with Crippen LogP contribution < -0.4 is 10.2 Å². The van der Waals surface area contributed by atoms with E-state index in [1.165, 1.54) is 29.2 Å². The van der Waals surface area contributed by atoms with Crippen LogP contribution >= 0.6 is 15.9 Å².